The molecule has 0 saturated carbocycles. The van der Waals surface area contributed by atoms with E-state index in [9.17, 15) is 17.6 Å². The van der Waals surface area contributed by atoms with Crippen molar-refractivity contribution in [2.24, 2.45) is 4.99 Å². The van der Waals surface area contributed by atoms with E-state index in [0.29, 0.717) is 31.4 Å². The van der Waals surface area contributed by atoms with Gasteiger partial charge in [-0.15, -0.1) is 0 Å². The summed E-state index contributed by atoms with van der Waals surface area (Å²) < 4.78 is 55.1. The van der Waals surface area contributed by atoms with Gasteiger partial charge in [-0.05, 0) is 31.3 Å². The van der Waals surface area contributed by atoms with Crippen molar-refractivity contribution in [1.29, 1.82) is 0 Å². The van der Waals surface area contributed by atoms with Crippen molar-refractivity contribution in [2.75, 3.05) is 53.9 Å². The molecule has 0 atom stereocenters. The highest BCUT2D eigenvalue weighted by Gasteiger charge is 2.28. The summed E-state index contributed by atoms with van der Waals surface area (Å²) in [4.78, 5) is 7.07. The van der Waals surface area contributed by atoms with E-state index < -0.39 is 12.7 Å². The van der Waals surface area contributed by atoms with Crippen molar-refractivity contribution in [2.45, 2.75) is 6.18 Å². The average molecular weight is 364 g/mol. The molecule has 0 aliphatic rings. The van der Waals surface area contributed by atoms with Crippen molar-refractivity contribution >= 4 is 5.96 Å². The third kappa shape index (κ3) is 9.13. The summed E-state index contributed by atoms with van der Waals surface area (Å²) in [5.74, 6) is 0.791. The maximum atomic E-state index is 12.8. The Balaban J connectivity index is 2.29. The van der Waals surface area contributed by atoms with E-state index >= 15 is 0 Å². The van der Waals surface area contributed by atoms with Crippen LogP contribution in [0.1, 0.15) is 0 Å². The van der Waals surface area contributed by atoms with Crippen LogP contribution in [0.15, 0.2) is 29.3 Å². The quantitative estimate of drug-likeness (QED) is 0.436. The van der Waals surface area contributed by atoms with Gasteiger partial charge in [0, 0.05) is 27.2 Å². The number of alkyl halides is 3. The van der Waals surface area contributed by atoms with Gasteiger partial charge in [-0.1, -0.05) is 0 Å². The lowest BCUT2D eigenvalue weighted by Gasteiger charge is -2.24. The Morgan fingerprint density at radius 2 is 1.80 bits per heavy atom. The second-order valence-corrected chi connectivity index (χ2v) is 5.55. The summed E-state index contributed by atoms with van der Waals surface area (Å²) in [5.41, 5.74) is 0. The summed E-state index contributed by atoms with van der Waals surface area (Å²) in [6.45, 7) is 0.488. The number of ether oxygens (including phenoxy) is 1. The largest absolute Gasteiger partial charge is 0.492 e. The van der Waals surface area contributed by atoms with Crippen molar-refractivity contribution < 1.29 is 22.3 Å². The van der Waals surface area contributed by atoms with Crippen LogP contribution in [0.3, 0.4) is 0 Å². The molecular formula is C16H24F4N4O. The van der Waals surface area contributed by atoms with Crippen LogP contribution in [0.2, 0.25) is 0 Å². The molecule has 0 spiro atoms. The molecule has 5 nitrogen and oxygen atoms in total. The van der Waals surface area contributed by atoms with Gasteiger partial charge in [0.15, 0.2) is 5.96 Å². The number of rotatable bonds is 8. The number of halogens is 4. The van der Waals surface area contributed by atoms with E-state index in [4.69, 9.17) is 4.74 Å². The number of hydrogen-bond donors (Lipinski definition) is 1. The maximum absolute atomic E-state index is 12.8. The third-order valence-electron chi connectivity index (χ3n) is 3.31. The van der Waals surface area contributed by atoms with E-state index in [-0.39, 0.29) is 12.4 Å². The zero-order chi connectivity index (χ0) is 18.9. The summed E-state index contributed by atoms with van der Waals surface area (Å²) in [7, 11) is 4.81. The molecule has 9 heteroatoms. The molecule has 1 aromatic rings. The lowest BCUT2D eigenvalue weighted by Crippen LogP contribution is -2.44. The molecule has 1 N–H and O–H groups in total. The van der Waals surface area contributed by atoms with Crippen LogP contribution in [-0.4, -0.2) is 75.9 Å². The first-order valence-corrected chi connectivity index (χ1v) is 7.76. The first kappa shape index (κ1) is 21.0. The SMILES string of the molecule is CN=C(NCCN(C)CC(F)(F)F)N(C)CCOc1ccc(F)cc1. The predicted octanol–water partition coefficient (Wildman–Crippen LogP) is 2.21. The Morgan fingerprint density at radius 3 is 2.36 bits per heavy atom. The van der Waals surface area contributed by atoms with Crippen LogP contribution in [0.4, 0.5) is 17.6 Å². The standard InChI is InChI=1S/C16H24F4N4O/c1-21-15(22-8-9-23(2)12-16(18,19)20)24(3)10-11-25-14-6-4-13(17)5-7-14/h4-7H,8-12H2,1-3H3,(H,21,22). The zero-order valence-corrected chi connectivity index (χ0v) is 14.6. The first-order chi connectivity index (χ1) is 11.7. The lowest BCUT2D eigenvalue weighted by atomic mass is 10.3. The molecule has 0 heterocycles. The van der Waals surface area contributed by atoms with Crippen LogP contribution in [0, 0.1) is 5.82 Å². The zero-order valence-electron chi connectivity index (χ0n) is 14.6. The predicted molar refractivity (Wildman–Crippen MR) is 89.4 cm³/mol. The summed E-state index contributed by atoms with van der Waals surface area (Å²) in [6.07, 6.45) is -4.20. The van der Waals surface area contributed by atoms with Gasteiger partial charge in [0.1, 0.15) is 18.2 Å². The molecule has 0 aromatic heterocycles. The van der Waals surface area contributed by atoms with Gasteiger partial charge in [0.2, 0.25) is 0 Å². The van der Waals surface area contributed by atoms with E-state index in [2.05, 4.69) is 10.3 Å². The lowest BCUT2D eigenvalue weighted by molar-refractivity contribution is -0.142. The molecule has 1 aromatic carbocycles. The minimum absolute atomic E-state index is 0.235. The minimum Gasteiger partial charge on any atom is -0.492 e. The highest BCUT2D eigenvalue weighted by molar-refractivity contribution is 5.79. The Kier molecular flexibility index (Phi) is 8.47. The van der Waals surface area contributed by atoms with Gasteiger partial charge < -0.3 is 15.0 Å². The normalized spacial score (nSPS) is 12.4. The second-order valence-electron chi connectivity index (χ2n) is 5.55. The van der Waals surface area contributed by atoms with Gasteiger partial charge in [0.05, 0.1) is 13.1 Å². The van der Waals surface area contributed by atoms with E-state index in [1.165, 1.54) is 24.1 Å². The van der Waals surface area contributed by atoms with Gasteiger partial charge in [-0.25, -0.2) is 4.39 Å². The maximum Gasteiger partial charge on any atom is 0.401 e. The van der Waals surface area contributed by atoms with Gasteiger partial charge >= 0.3 is 6.18 Å². The van der Waals surface area contributed by atoms with Gasteiger partial charge in [0.25, 0.3) is 0 Å². The Morgan fingerprint density at radius 1 is 1.16 bits per heavy atom. The molecule has 1 rings (SSSR count). The van der Waals surface area contributed by atoms with Crippen molar-refractivity contribution in [1.82, 2.24) is 15.1 Å². The Bertz CT molecular complexity index is 534. The minimum atomic E-state index is -4.20. The van der Waals surface area contributed by atoms with Gasteiger partial charge in [-0.3, -0.25) is 9.89 Å². The highest BCUT2D eigenvalue weighted by atomic mass is 19.4. The van der Waals surface area contributed by atoms with Crippen molar-refractivity contribution in [3.8, 4) is 5.75 Å². The van der Waals surface area contributed by atoms with Crippen LogP contribution in [0.5, 0.6) is 5.75 Å². The molecule has 0 aliphatic heterocycles. The smallest absolute Gasteiger partial charge is 0.401 e. The van der Waals surface area contributed by atoms with Crippen LogP contribution in [0.25, 0.3) is 0 Å². The Labute approximate surface area is 145 Å². The summed E-state index contributed by atoms with van der Waals surface area (Å²) >= 11 is 0. The topological polar surface area (TPSA) is 40.1 Å². The third-order valence-corrected chi connectivity index (χ3v) is 3.31. The summed E-state index contributed by atoms with van der Waals surface area (Å²) in [6, 6.07) is 5.71. The second kappa shape index (κ2) is 10.1. The number of guanidine groups is 1. The van der Waals surface area contributed by atoms with Gasteiger partial charge in [-0.2, -0.15) is 13.2 Å². The molecule has 0 unspecified atom stereocenters. The number of likely N-dealkylation sites (N-methyl/N-ethyl adjacent to an activating group) is 2. The fourth-order valence-electron chi connectivity index (χ4n) is 2.07. The molecule has 142 valence electrons. The van der Waals surface area contributed by atoms with Crippen molar-refractivity contribution in [3.05, 3.63) is 30.1 Å². The highest BCUT2D eigenvalue weighted by Crippen LogP contribution is 2.15. The van der Waals surface area contributed by atoms with Crippen molar-refractivity contribution in [3.63, 3.8) is 0 Å². The van der Waals surface area contributed by atoms with E-state index in [1.54, 1.807) is 31.1 Å². The van der Waals surface area contributed by atoms with E-state index in [1.807, 2.05) is 0 Å². The van der Waals surface area contributed by atoms with E-state index in [0.717, 1.165) is 0 Å². The molecule has 25 heavy (non-hydrogen) atoms. The molecule has 0 amide bonds. The average Bonchev–Trinajstić information content (AvgIpc) is 2.51. The van der Waals surface area contributed by atoms with Crippen LogP contribution >= 0.6 is 0 Å². The molecule has 0 radical (unpaired) electrons. The molecule has 0 aliphatic carbocycles. The molecule has 0 saturated heterocycles. The fourth-order valence-corrected chi connectivity index (χ4v) is 2.07. The number of hydrogen-bond acceptors (Lipinski definition) is 3. The first-order valence-electron chi connectivity index (χ1n) is 7.76. The fraction of sp³-hybridized carbons (Fsp3) is 0.562. The summed E-state index contributed by atoms with van der Waals surface area (Å²) in [5, 5.41) is 3.00. The Hall–Kier alpha value is -2.03. The molecule has 0 fully saturated rings. The molecule has 0 bridgehead atoms. The van der Waals surface area contributed by atoms with Crippen LogP contribution < -0.4 is 10.1 Å². The van der Waals surface area contributed by atoms with Crippen LogP contribution in [-0.2, 0) is 0 Å². The number of aliphatic imine (C=N–C) groups is 1. The number of nitrogens with zero attached hydrogens (tertiary/aromatic N) is 3. The number of nitrogens with one attached hydrogen (secondary N) is 1. The number of benzene rings is 1. The monoisotopic (exact) mass is 364 g/mol. The molecular weight excluding hydrogens is 340 g/mol.